The molecule has 0 aliphatic rings. The highest BCUT2D eigenvalue weighted by atomic mass is 16.5. The Bertz CT molecular complexity index is 883. The molecule has 0 aromatic heterocycles. The number of ether oxygens (including phenoxy) is 1. The molecule has 0 saturated carbocycles. The third-order valence-corrected chi connectivity index (χ3v) is 4.97. The zero-order valence-electron chi connectivity index (χ0n) is 16.8. The van der Waals surface area contributed by atoms with Crippen LogP contribution in [0, 0.1) is 0 Å². The predicted molar refractivity (Wildman–Crippen MR) is 119 cm³/mol. The molecule has 0 spiro atoms. The lowest BCUT2D eigenvalue weighted by Crippen LogP contribution is -2.17. The molecule has 3 aromatic carbocycles. The second-order valence-electron chi connectivity index (χ2n) is 7.20. The summed E-state index contributed by atoms with van der Waals surface area (Å²) in [5, 5.41) is 0. The number of benzene rings is 3. The van der Waals surface area contributed by atoms with Crippen molar-refractivity contribution >= 4 is 5.78 Å². The van der Waals surface area contributed by atoms with E-state index < -0.39 is 6.10 Å². The molecule has 0 amide bonds. The molecule has 0 heterocycles. The fourth-order valence-electron chi connectivity index (χ4n) is 3.30. The molecule has 0 fully saturated rings. The highest BCUT2D eigenvalue weighted by Gasteiger charge is 2.21. The summed E-state index contributed by atoms with van der Waals surface area (Å²) >= 11 is 0. The van der Waals surface area contributed by atoms with Crippen LogP contribution in [0.25, 0.3) is 0 Å². The highest BCUT2D eigenvalue weighted by Crippen LogP contribution is 2.23. The molecule has 2 heteroatoms. The number of aryl methyl sites for hydroxylation is 2. The molecule has 0 radical (unpaired) electrons. The Morgan fingerprint density at radius 3 is 2.00 bits per heavy atom. The Kier molecular flexibility index (Phi) is 7.97. The smallest absolute Gasteiger partial charge is 0.166 e. The van der Waals surface area contributed by atoms with Crippen LogP contribution in [-0.2, 0) is 29.0 Å². The number of Topliss-reactive ketones (excluding diaryl/α,β-unsaturated/α-hetero) is 1. The molecular formula is C27H28O2. The number of hydrogen-bond acceptors (Lipinski definition) is 2. The first-order valence-electron chi connectivity index (χ1n) is 10.2. The van der Waals surface area contributed by atoms with E-state index in [1.54, 1.807) is 0 Å². The topological polar surface area (TPSA) is 26.3 Å². The van der Waals surface area contributed by atoms with Gasteiger partial charge in [0.15, 0.2) is 5.78 Å². The van der Waals surface area contributed by atoms with Gasteiger partial charge in [-0.25, -0.2) is 0 Å². The van der Waals surface area contributed by atoms with E-state index in [1.807, 2.05) is 66.7 Å². The minimum absolute atomic E-state index is 0.114. The maximum Gasteiger partial charge on any atom is 0.166 e. The normalized spacial score (nSPS) is 11.7. The quantitative estimate of drug-likeness (QED) is 0.364. The van der Waals surface area contributed by atoms with Gasteiger partial charge in [-0.15, -0.1) is 6.58 Å². The zero-order chi connectivity index (χ0) is 20.3. The van der Waals surface area contributed by atoms with Gasteiger partial charge in [0, 0.05) is 6.42 Å². The van der Waals surface area contributed by atoms with E-state index in [4.69, 9.17) is 4.74 Å². The van der Waals surface area contributed by atoms with Gasteiger partial charge in [-0.1, -0.05) is 91.0 Å². The summed E-state index contributed by atoms with van der Waals surface area (Å²) in [5.74, 6) is 0.114. The minimum atomic E-state index is -0.539. The monoisotopic (exact) mass is 384 g/mol. The first-order valence-corrected chi connectivity index (χ1v) is 10.2. The van der Waals surface area contributed by atoms with E-state index in [0.717, 1.165) is 30.4 Å². The summed E-state index contributed by atoms with van der Waals surface area (Å²) in [6, 6.07) is 28.3. The van der Waals surface area contributed by atoms with E-state index in [0.29, 0.717) is 13.0 Å². The van der Waals surface area contributed by atoms with E-state index >= 15 is 0 Å². The molecule has 3 rings (SSSR count). The zero-order valence-corrected chi connectivity index (χ0v) is 16.8. The summed E-state index contributed by atoms with van der Waals surface area (Å²) in [6.45, 7) is 4.19. The van der Waals surface area contributed by atoms with Gasteiger partial charge in [0.2, 0.25) is 0 Å². The van der Waals surface area contributed by atoms with Gasteiger partial charge in [0.25, 0.3) is 0 Å². The predicted octanol–water partition coefficient (Wildman–Crippen LogP) is 6.27. The van der Waals surface area contributed by atoms with Gasteiger partial charge in [0.1, 0.15) is 6.10 Å². The fourth-order valence-corrected chi connectivity index (χ4v) is 3.30. The number of ketones is 1. The number of hydrogen-bond donors (Lipinski definition) is 0. The fraction of sp³-hybridized carbons (Fsp3) is 0.222. The molecule has 0 aliphatic heterocycles. The van der Waals surface area contributed by atoms with Crippen LogP contribution in [-0.4, -0.2) is 5.78 Å². The molecule has 1 atom stereocenters. The average molecular weight is 385 g/mol. The minimum Gasteiger partial charge on any atom is -0.361 e. The Morgan fingerprint density at radius 2 is 1.38 bits per heavy atom. The summed E-state index contributed by atoms with van der Waals surface area (Å²) in [7, 11) is 0. The lowest BCUT2D eigenvalue weighted by atomic mass is 9.98. The van der Waals surface area contributed by atoms with E-state index in [9.17, 15) is 4.79 Å². The molecule has 148 valence electrons. The molecule has 0 bridgehead atoms. The Balaban J connectivity index is 1.62. The summed E-state index contributed by atoms with van der Waals surface area (Å²) in [4.78, 5) is 13.0. The van der Waals surface area contributed by atoms with Crippen molar-refractivity contribution in [1.29, 1.82) is 0 Å². The summed E-state index contributed by atoms with van der Waals surface area (Å²) < 4.78 is 6.07. The third kappa shape index (κ3) is 6.55. The van der Waals surface area contributed by atoms with Gasteiger partial charge < -0.3 is 4.74 Å². The van der Waals surface area contributed by atoms with Gasteiger partial charge in [0.05, 0.1) is 6.61 Å². The van der Waals surface area contributed by atoms with Gasteiger partial charge in [-0.2, -0.15) is 0 Å². The Morgan fingerprint density at radius 1 is 0.793 bits per heavy atom. The van der Waals surface area contributed by atoms with Crippen molar-refractivity contribution in [3.63, 3.8) is 0 Å². The third-order valence-electron chi connectivity index (χ3n) is 4.97. The van der Waals surface area contributed by atoms with Crippen molar-refractivity contribution < 1.29 is 9.53 Å². The standard InChI is InChI=1S/C27H28O2/c1-2-3-10-22-15-17-23(18-16-22)19-20-26(28)27(25-13-8-5-9-14-25)29-21-24-11-6-4-7-12-24/h2,4-9,11-18,27H,1,3,10,19-21H2. The van der Waals surface area contributed by atoms with Crippen LogP contribution in [0.1, 0.15) is 41.2 Å². The molecule has 0 N–H and O–H groups in total. The molecule has 2 nitrogen and oxygen atoms in total. The van der Waals surface area contributed by atoms with Crippen molar-refractivity contribution in [1.82, 2.24) is 0 Å². The van der Waals surface area contributed by atoms with Crippen LogP contribution >= 0.6 is 0 Å². The van der Waals surface area contributed by atoms with E-state index in [2.05, 4.69) is 30.8 Å². The first-order chi connectivity index (χ1) is 14.3. The van der Waals surface area contributed by atoms with Crippen molar-refractivity contribution in [3.05, 3.63) is 120 Å². The first kappa shape index (κ1) is 20.8. The van der Waals surface area contributed by atoms with Crippen molar-refractivity contribution in [2.75, 3.05) is 0 Å². The Labute approximate surface area is 173 Å². The largest absolute Gasteiger partial charge is 0.361 e. The second-order valence-corrected chi connectivity index (χ2v) is 7.20. The number of rotatable bonds is 11. The average Bonchev–Trinajstić information content (AvgIpc) is 2.78. The van der Waals surface area contributed by atoms with Gasteiger partial charge in [-0.05, 0) is 41.5 Å². The highest BCUT2D eigenvalue weighted by molar-refractivity contribution is 5.84. The molecule has 3 aromatic rings. The molecular weight excluding hydrogens is 356 g/mol. The van der Waals surface area contributed by atoms with Crippen LogP contribution in [0.15, 0.2) is 97.6 Å². The maximum absolute atomic E-state index is 13.0. The lowest BCUT2D eigenvalue weighted by molar-refractivity contribution is -0.131. The number of allylic oxidation sites excluding steroid dienone is 1. The summed E-state index contributed by atoms with van der Waals surface area (Å²) in [6.07, 6.45) is 4.56. The van der Waals surface area contributed by atoms with E-state index in [-0.39, 0.29) is 5.78 Å². The lowest BCUT2D eigenvalue weighted by Gasteiger charge is -2.17. The van der Waals surface area contributed by atoms with Crippen LogP contribution in [0.4, 0.5) is 0 Å². The van der Waals surface area contributed by atoms with Crippen molar-refractivity contribution in [2.24, 2.45) is 0 Å². The van der Waals surface area contributed by atoms with Crippen LogP contribution in [0.5, 0.6) is 0 Å². The maximum atomic E-state index is 13.0. The molecule has 1 unspecified atom stereocenters. The number of carbonyl (C=O) groups excluding carboxylic acids is 1. The van der Waals surface area contributed by atoms with Crippen LogP contribution in [0.3, 0.4) is 0 Å². The van der Waals surface area contributed by atoms with Crippen LogP contribution < -0.4 is 0 Å². The van der Waals surface area contributed by atoms with E-state index in [1.165, 1.54) is 11.1 Å². The molecule has 29 heavy (non-hydrogen) atoms. The summed E-state index contributed by atoms with van der Waals surface area (Å²) in [5.41, 5.74) is 4.45. The Hall–Kier alpha value is -2.97. The SMILES string of the molecule is C=CCCc1ccc(CCC(=O)C(OCc2ccccc2)c2ccccc2)cc1. The van der Waals surface area contributed by atoms with Gasteiger partial charge >= 0.3 is 0 Å². The second kappa shape index (κ2) is 11.1. The molecule has 0 aliphatic carbocycles. The molecule has 0 saturated heterocycles. The number of carbonyl (C=O) groups is 1. The van der Waals surface area contributed by atoms with Gasteiger partial charge in [-0.3, -0.25) is 4.79 Å². The van der Waals surface area contributed by atoms with Crippen LogP contribution in [0.2, 0.25) is 0 Å². The van der Waals surface area contributed by atoms with Crippen molar-refractivity contribution in [3.8, 4) is 0 Å². The van der Waals surface area contributed by atoms with Crippen molar-refractivity contribution in [2.45, 2.75) is 38.4 Å².